The van der Waals surface area contributed by atoms with Crippen molar-refractivity contribution >= 4 is 17.7 Å². The van der Waals surface area contributed by atoms with E-state index in [2.05, 4.69) is 22.8 Å². The largest absolute Gasteiger partial charge is 0.480 e. The maximum Gasteiger partial charge on any atom is 0.326 e. The zero-order valence-electron chi connectivity index (χ0n) is 20.2. The maximum absolute atomic E-state index is 13.5. The predicted octanol–water partition coefficient (Wildman–Crippen LogP) is 4.32. The van der Waals surface area contributed by atoms with E-state index in [1.807, 2.05) is 0 Å². The number of carbonyl (C=O) groups is 2. The van der Waals surface area contributed by atoms with Crippen molar-refractivity contribution in [2.24, 2.45) is 0 Å². The number of aromatic nitrogens is 1. The molecule has 0 spiro atoms. The number of nitrogens with zero attached hydrogens (tertiary/aromatic N) is 2. The van der Waals surface area contributed by atoms with Gasteiger partial charge in [0, 0.05) is 37.0 Å². The van der Waals surface area contributed by atoms with Crippen LogP contribution in [0.3, 0.4) is 0 Å². The molecular formula is C26H33F3N4O3. The van der Waals surface area contributed by atoms with Crippen molar-refractivity contribution in [1.29, 1.82) is 0 Å². The summed E-state index contributed by atoms with van der Waals surface area (Å²) in [6.45, 7) is 0.812. The van der Waals surface area contributed by atoms with E-state index in [0.717, 1.165) is 75.1 Å². The van der Waals surface area contributed by atoms with Crippen LogP contribution in [0.5, 0.6) is 0 Å². The van der Waals surface area contributed by atoms with Crippen LogP contribution >= 0.6 is 0 Å². The Morgan fingerprint density at radius 3 is 2.56 bits per heavy atom. The number of benzene rings is 1. The number of carboxylic acid groups (broad SMARTS) is 1. The first kappa shape index (κ1) is 27.4. The lowest BCUT2D eigenvalue weighted by Crippen LogP contribution is -2.43. The fourth-order valence-electron chi connectivity index (χ4n) is 4.23. The Bertz CT molecular complexity index is 1020. The number of rotatable bonds is 14. The number of hydrogen-bond acceptors (Lipinski definition) is 5. The number of aryl methyl sites for hydroxylation is 2. The minimum atomic E-state index is -1.31. The SMILES string of the molecule is O=C(N[C@@H](CCN(CF)CCCCCCc1ccc2c(n1)NCCC2)C(=O)O)c1cc(F)cc(F)c1. The Balaban J connectivity index is 1.36. The summed E-state index contributed by atoms with van der Waals surface area (Å²) in [6.07, 6.45) is 6.66. The molecule has 2 heterocycles. The average molecular weight is 507 g/mol. The summed E-state index contributed by atoms with van der Waals surface area (Å²) in [5, 5.41) is 15.0. The standard InChI is InChI=1S/C26H33F3N4O3/c27-17-33(12-4-2-1-3-7-22-9-8-18-6-5-11-30-24(18)31-22)13-10-23(26(35)36)32-25(34)19-14-20(28)16-21(29)15-19/h8-9,14-16,23H,1-7,10-13,17H2,(H,30,31)(H,32,34)(H,35,36)/t23-/m0/s1. The monoisotopic (exact) mass is 506 g/mol. The minimum Gasteiger partial charge on any atom is -0.480 e. The highest BCUT2D eigenvalue weighted by atomic mass is 19.1. The van der Waals surface area contributed by atoms with E-state index in [-0.39, 0.29) is 18.5 Å². The van der Waals surface area contributed by atoms with Gasteiger partial charge in [0.05, 0.1) is 0 Å². The molecule has 0 fully saturated rings. The number of hydrogen-bond donors (Lipinski definition) is 3. The number of halogens is 3. The molecule has 2 aromatic rings. The van der Waals surface area contributed by atoms with Crippen LogP contribution < -0.4 is 10.6 Å². The van der Waals surface area contributed by atoms with Crippen molar-refractivity contribution in [3.05, 3.63) is 58.8 Å². The summed E-state index contributed by atoms with van der Waals surface area (Å²) in [4.78, 5) is 29.9. The molecule has 0 unspecified atom stereocenters. The van der Waals surface area contributed by atoms with Gasteiger partial charge in [-0.05, 0) is 62.3 Å². The van der Waals surface area contributed by atoms with E-state index in [1.165, 1.54) is 10.5 Å². The number of unbranched alkanes of at least 4 members (excludes halogenated alkanes) is 3. The van der Waals surface area contributed by atoms with Crippen molar-refractivity contribution in [2.45, 2.75) is 57.4 Å². The normalized spacial score (nSPS) is 13.7. The van der Waals surface area contributed by atoms with Gasteiger partial charge < -0.3 is 15.7 Å². The number of amides is 1. The van der Waals surface area contributed by atoms with Gasteiger partial charge in [0.15, 0.2) is 0 Å². The van der Waals surface area contributed by atoms with Crippen LogP contribution in [0.25, 0.3) is 0 Å². The predicted molar refractivity (Wildman–Crippen MR) is 131 cm³/mol. The summed E-state index contributed by atoms with van der Waals surface area (Å²) < 4.78 is 40.1. The molecule has 0 aliphatic carbocycles. The molecule has 196 valence electrons. The van der Waals surface area contributed by atoms with Crippen molar-refractivity contribution in [3.63, 3.8) is 0 Å². The Morgan fingerprint density at radius 1 is 1.08 bits per heavy atom. The van der Waals surface area contributed by atoms with E-state index < -0.39 is 36.4 Å². The van der Waals surface area contributed by atoms with Crippen molar-refractivity contribution in [3.8, 4) is 0 Å². The van der Waals surface area contributed by atoms with Crippen LogP contribution in [0.15, 0.2) is 30.3 Å². The van der Waals surface area contributed by atoms with Gasteiger partial charge in [0.1, 0.15) is 30.3 Å². The Morgan fingerprint density at radius 2 is 1.83 bits per heavy atom. The first-order valence-corrected chi connectivity index (χ1v) is 12.4. The minimum absolute atomic E-state index is 0.0408. The number of nitrogens with one attached hydrogen (secondary N) is 2. The molecule has 0 radical (unpaired) electrons. The molecule has 0 bridgehead atoms. The zero-order chi connectivity index (χ0) is 25.9. The first-order valence-electron chi connectivity index (χ1n) is 12.4. The Hall–Kier alpha value is -3.14. The van der Waals surface area contributed by atoms with E-state index in [1.54, 1.807) is 0 Å². The number of carbonyl (C=O) groups excluding carboxylic acids is 1. The molecule has 1 aromatic heterocycles. The summed E-state index contributed by atoms with van der Waals surface area (Å²) in [5.41, 5.74) is 2.02. The highest BCUT2D eigenvalue weighted by molar-refractivity contribution is 5.96. The Labute approximate surface area is 209 Å². The molecule has 36 heavy (non-hydrogen) atoms. The highest BCUT2D eigenvalue weighted by Gasteiger charge is 2.22. The van der Waals surface area contributed by atoms with E-state index in [9.17, 15) is 27.9 Å². The summed E-state index contributed by atoms with van der Waals surface area (Å²) in [5.74, 6) is -3.09. The fraction of sp³-hybridized carbons (Fsp3) is 0.500. The van der Waals surface area contributed by atoms with Gasteiger partial charge in [-0.15, -0.1) is 0 Å². The van der Waals surface area contributed by atoms with Crippen LogP contribution in [0.4, 0.5) is 19.0 Å². The van der Waals surface area contributed by atoms with Gasteiger partial charge in [-0.1, -0.05) is 18.9 Å². The lowest BCUT2D eigenvalue weighted by atomic mass is 10.1. The molecule has 3 N–H and O–H groups in total. The third kappa shape index (κ3) is 8.51. The number of pyridine rings is 1. The second-order valence-corrected chi connectivity index (χ2v) is 9.05. The third-order valence-corrected chi connectivity index (χ3v) is 6.24. The van der Waals surface area contributed by atoms with Crippen LogP contribution in [-0.4, -0.2) is 59.3 Å². The second kappa shape index (κ2) is 13.8. The lowest BCUT2D eigenvalue weighted by Gasteiger charge is -2.21. The van der Waals surface area contributed by atoms with Crippen molar-refractivity contribution in [2.75, 3.05) is 31.7 Å². The summed E-state index contributed by atoms with van der Waals surface area (Å²) in [6, 6.07) is 5.18. The lowest BCUT2D eigenvalue weighted by molar-refractivity contribution is -0.139. The highest BCUT2D eigenvalue weighted by Crippen LogP contribution is 2.20. The fourth-order valence-corrected chi connectivity index (χ4v) is 4.23. The molecular weight excluding hydrogens is 473 g/mol. The van der Waals surface area contributed by atoms with Crippen LogP contribution in [0.2, 0.25) is 0 Å². The van der Waals surface area contributed by atoms with Gasteiger partial charge in [-0.3, -0.25) is 9.69 Å². The molecule has 1 aliphatic rings. The van der Waals surface area contributed by atoms with Crippen molar-refractivity contribution < 1.29 is 27.9 Å². The quantitative estimate of drug-likeness (QED) is 0.261. The summed E-state index contributed by atoms with van der Waals surface area (Å²) in [7, 11) is 0. The van der Waals surface area contributed by atoms with Gasteiger partial charge in [0.2, 0.25) is 0 Å². The molecule has 1 atom stereocenters. The van der Waals surface area contributed by atoms with Gasteiger partial charge >= 0.3 is 5.97 Å². The number of carboxylic acids is 1. The summed E-state index contributed by atoms with van der Waals surface area (Å²) >= 11 is 0. The van der Waals surface area contributed by atoms with E-state index in [0.29, 0.717) is 12.6 Å². The van der Waals surface area contributed by atoms with Crippen LogP contribution in [-0.2, 0) is 17.6 Å². The molecule has 1 aliphatic heterocycles. The third-order valence-electron chi connectivity index (χ3n) is 6.24. The van der Waals surface area contributed by atoms with Crippen LogP contribution in [0, 0.1) is 11.6 Å². The van der Waals surface area contributed by atoms with Gasteiger partial charge in [0.25, 0.3) is 5.91 Å². The first-order chi connectivity index (χ1) is 17.4. The second-order valence-electron chi connectivity index (χ2n) is 9.05. The zero-order valence-corrected chi connectivity index (χ0v) is 20.2. The molecule has 1 aromatic carbocycles. The van der Waals surface area contributed by atoms with Gasteiger partial charge in [-0.2, -0.15) is 0 Å². The van der Waals surface area contributed by atoms with Crippen LogP contribution in [0.1, 0.15) is 60.1 Å². The average Bonchev–Trinajstić information content (AvgIpc) is 2.86. The molecule has 10 heteroatoms. The topological polar surface area (TPSA) is 94.6 Å². The Kier molecular flexibility index (Phi) is 10.5. The maximum atomic E-state index is 13.5. The molecule has 1 amide bonds. The molecule has 7 nitrogen and oxygen atoms in total. The van der Waals surface area contributed by atoms with E-state index in [4.69, 9.17) is 4.98 Å². The smallest absolute Gasteiger partial charge is 0.326 e. The molecule has 3 rings (SSSR count). The number of anilines is 1. The van der Waals surface area contributed by atoms with Crippen molar-refractivity contribution in [1.82, 2.24) is 15.2 Å². The number of fused-ring (bicyclic) bond motifs is 1. The molecule has 0 saturated carbocycles. The van der Waals surface area contributed by atoms with E-state index >= 15 is 0 Å². The van der Waals surface area contributed by atoms with Gasteiger partial charge in [-0.25, -0.2) is 22.9 Å². The molecule has 0 saturated heterocycles. The number of alkyl halides is 1. The number of aliphatic carboxylic acids is 1.